The number of halogens is 2. The lowest BCUT2D eigenvalue weighted by Gasteiger charge is -2.06. The Labute approximate surface area is 160 Å². The zero-order chi connectivity index (χ0) is 18.5. The zero-order valence-electron chi connectivity index (χ0n) is 14.0. The van der Waals surface area contributed by atoms with Gasteiger partial charge in [-0.3, -0.25) is 9.48 Å². The molecule has 3 aromatic rings. The number of ether oxygens (including phenoxy) is 1. The second-order valence-electron chi connectivity index (χ2n) is 5.42. The first-order chi connectivity index (χ1) is 12.5. The van der Waals surface area contributed by atoms with Crippen molar-refractivity contribution < 1.29 is 13.9 Å². The second kappa shape index (κ2) is 8.25. The third-order valence-corrected chi connectivity index (χ3v) is 4.09. The lowest BCUT2D eigenvalue weighted by Crippen LogP contribution is -1.99. The molecule has 0 radical (unpaired) electrons. The van der Waals surface area contributed by atoms with Gasteiger partial charge in [0.15, 0.2) is 0 Å². The van der Waals surface area contributed by atoms with Crippen molar-refractivity contribution >= 4 is 35.1 Å². The predicted molar refractivity (Wildman–Crippen MR) is 101 cm³/mol. The number of carbonyl (C=O) groups is 1. The Morgan fingerprint density at radius 3 is 2.85 bits per heavy atom. The molecule has 0 saturated heterocycles. The van der Waals surface area contributed by atoms with Gasteiger partial charge in [0.25, 0.3) is 0 Å². The first-order valence-corrected chi connectivity index (χ1v) is 8.73. The van der Waals surface area contributed by atoms with Gasteiger partial charge in [-0.25, -0.2) is 0 Å². The molecule has 7 heteroatoms. The van der Waals surface area contributed by atoms with Gasteiger partial charge in [-0.2, -0.15) is 5.10 Å². The van der Waals surface area contributed by atoms with Gasteiger partial charge in [0.05, 0.1) is 5.02 Å². The Balaban J connectivity index is 1.59. The smallest absolute Gasteiger partial charge is 0.206 e. The number of aryl methyl sites for hydroxylation is 1. The van der Waals surface area contributed by atoms with Crippen molar-refractivity contribution in [3.05, 3.63) is 75.9 Å². The SMILES string of the molecule is CCn1ccc(C(=O)/C=C/c2ccc(COc3ccc(Cl)cc3Cl)o2)n1. The van der Waals surface area contributed by atoms with E-state index in [1.165, 1.54) is 6.08 Å². The normalized spacial score (nSPS) is 11.2. The molecule has 0 aliphatic carbocycles. The molecule has 0 amide bonds. The van der Waals surface area contributed by atoms with Gasteiger partial charge in [-0.15, -0.1) is 0 Å². The summed E-state index contributed by atoms with van der Waals surface area (Å²) in [6.45, 7) is 2.89. The number of furan rings is 1. The van der Waals surface area contributed by atoms with Crippen molar-refractivity contribution in [1.82, 2.24) is 9.78 Å². The maximum atomic E-state index is 12.1. The first-order valence-electron chi connectivity index (χ1n) is 7.97. The highest BCUT2D eigenvalue weighted by atomic mass is 35.5. The fourth-order valence-corrected chi connectivity index (χ4v) is 2.68. The number of carbonyl (C=O) groups excluding carboxylic acids is 1. The zero-order valence-corrected chi connectivity index (χ0v) is 15.5. The molecule has 134 valence electrons. The minimum Gasteiger partial charge on any atom is -0.484 e. The molecule has 0 aliphatic rings. The van der Waals surface area contributed by atoms with Crippen LogP contribution in [0.4, 0.5) is 0 Å². The highest BCUT2D eigenvalue weighted by Crippen LogP contribution is 2.28. The van der Waals surface area contributed by atoms with Crippen LogP contribution in [-0.4, -0.2) is 15.6 Å². The van der Waals surface area contributed by atoms with Crippen LogP contribution in [0.2, 0.25) is 10.0 Å². The standard InChI is InChI=1S/C19H16Cl2N2O3/c1-2-23-10-9-17(22-23)18(24)7-6-14-4-5-15(26-14)12-25-19-8-3-13(20)11-16(19)21/h3-11H,2,12H2,1H3/b7-6+. The number of allylic oxidation sites excluding steroid dienone is 1. The third kappa shape index (κ3) is 4.56. The largest absolute Gasteiger partial charge is 0.484 e. The van der Waals surface area contributed by atoms with Crippen LogP contribution in [0.3, 0.4) is 0 Å². The summed E-state index contributed by atoms with van der Waals surface area (Å²) in [5.74, 6) is 1.50. The highest BCUT2D eigenvalue weighted by Gasteiger charge is 2.07. The molecule has 0 fully saturated rings. The van der Waals surface area contributed by atoms with Crippen LogP contribution in [0.1, 0.15) is 28.9 Å². The van der Waals surface area contributed by atoms with Gasteiger partial charge in [-0.05, 0) is 55.5 Å². The summed E-state index contributed by atoms with van der Waals surface area (Å²) in [5.41, 5.74) is 0.399. The average molecular weight is 391 g/mol. The Hall–Kier alpha value is -2.50. The van der Waals surface area contributed by atoms with Crippen molar-refractivity contribution in [3.8, 4) is 5.75 Å². The predicted octanol–water partition coefficient (Wildman–Crippen LogP) is 5.28. The number of hydrogen-bond acceptors (Lipinski definition) is 4. The van der Waals surface area contributed by atoms with E-state index in [0.717, 1.165) is 6.54 Å². The molecule has 0 aliphatic heterocycles. The van der Waals surface area contributed by atoms with E-state index in [4.69, 9.17) is 32.4 Å². The first kappa shape index (κ1) is 18.3. The van der Waals surface area contributed by atoms with Crippen LogP contribution in [0, 0.1) is 0 Å². The summed E-state index contributed by atoms with van der Waals surface area (Å²) in [6, 6.07) is 10.2. The van der Waals surface area contributed by atoms with Gasteiger partial charge in [0.1, 0.15) is 29.6 Å². The average Bonchev–Trinajstić information content (AvgIpc) is 3.28. The Morgan fingerprint density at radius 1 is 1.27 bits per heavy atom. The van der Waals surface area contributed by atoms with Gasteiger partial charge in [0, 0.05) is 17.8 Å². The summed E-state index contributed by atoms with van der Waals surface area (Å²) in [4.78, 5) is 12.1. The molecule has 0 atom stereocenters. The number of rotatable bonds is 7. The molecule has 26 heavy (non-hydrogen) atoms. The van der Waals surface area contributed by atoms with Gasteiger partial charge < -0.3 is 9.15 Å². The highest BCUT2D eigenvalue weighted by molar-refractivity contribution is 6.35. The van der Waals surface area contributed by atoms with Crippen molar-refractivity contribution in [2.75, 3.05) is 0 Å². The van der Waals surface area contributed by atoms with E-state index in [1.807, 2.05) is 6.92 Å². The molecule has 0 unspecified atom stereocenters. The molecule has 3 rings (SSSR count). The minimum absolute atomic E-state index is 0.181. The summed E-state index contributed by atoms with van der Waals surface area (Å²) < 4.78 is 12.9. The van der Waals surface area contributed by atoms with Crippen LogP contribution in [0.5, 0.6) is 5.75 Å². The Bertz CT molecular complexity index is 944. The van der Waals surface area contributed by atoms with E-state index < -0.39 is 0 Å². The fraction of sp³-hybridized carbons (Fsp3) is 0.158. The number of hydrogen-bond donors (Lipinski definition) is 0. The summed E-state index contributed by atoms with van der Waals surface area (Å²) >= 11 is 11.9. The van der Waals surface area contributed by atoms with E-state index >= 15 is 0 Å². The Kier molecular flexibility index (Phi) is 5.81. The Morgan fingerprint density at radius 2 is 2.12 bits per heavy atom. The number of nitrogens with zero attached hydrogens (tertiary/aromatic N) is 2. The molecule has 5 nitrogen and oxygen atoms in total. The van der Waals surface area contributed by atoms with E-state index in [-0.39, 0.29) is 12.4 Å². The quantitative estimate of drug-likeness (QED) is 0.406. The number of aromatic nitrogens is 2. The van der Waals surface area contributed by atoms with Crippen LogP contribution < -0.4 is 4.74 Å². The monoisotopic (exact) mass is 390 g/mol. The van der Waals surface area contributed by atoms with Crippen molar-refractivity contribution in [2.24, 2.45) is 0 Å². The van der Waals surface area contributed by atoms with Crippen molar-refractivity contribution in [1.29, 1.82) is 0 Å². The van der Waals surface area contributed by atoms with Crippen LogP contribution >= 0.6 is 23.2 Å². The maximum absolute atomic E-state index is 12.1. The van der Waals surface area contributed by atoms with Gasteiger partial charge in [-0.1, -0.05) is 23.2 Å². The molecular weight excluding hydrogens is 375 g/mol. The van der Waals surface area contributed by atoms with Crippen molar-refractivity contribution in [2.45, 2.75) is 20.1 Å². The van der Waals surface area contributed by atoms with Crippen LogP contribution in [0.25, 0.3) is 6.08 Å². The molecule has 1 aromatic carbocycles. The molecular formula is C19H16Cl2N2O3. The van der Waals surface area contributed by atoms with Gasteiger partial charge >= 0.3 is 0 Å². The molecule has 0 spiro atoms. The van der Waals surface area contributed by atoms with E-state index in [9.17, 15) is 4.79 Å². The van der Waals surface area contributed by atoms with E-state index in [0.29, 0.717) is 33.0 Å². The summed E-state index contributed by atoms with van der Waals surface area (Å²) in [7, 11) is 0. The molecule has 0 saturated carbocycles. The second-order valence-corrected chi connectivity index (χ2v) is 6.27. The van der Waals surface area contributed by atoms with E-state index in [1.54, 1.807) is 53.4 Å². The lowest BCUT2D eigenvalue weighted by molar-refractivity contribution is 0.104. The topological polar surface area (TPSA) is 57.3 Å². The van der Waals surface area contributed by atoms with Crippen molar-refractivity contribution in [3.63, 3.8) is 0 Å². The molecule has 0 N–H and O–H groups in total. The summed E-state index contributed by atoms with van der Waals surface area (Å²) in [5, 5.41) is 5.14. The van der Waals surface area contributed by atoms with Crippen LogP contribution in [0.15, 0.2) is 53.1 Å². The molecule has 2 aromatic heterocycles. The maximum Gasteiger partial charge on any atom is 0.206 e. The summed E-state index contributed by atoms with van der Waals surface area (Å²) in [6.07, 6.45) is 4.80. The molecule has 0 bridgehead atoms. The third-order valence-electron chi connectivity index (χ3n) is 3.56. The number of ketones is 1. The minimum atomic E-state index is -0.181. The number of benzene rings is 1. The van der Waals surface area contributed by atoms with Crippen LogP contribution in [-0.2, 0) is 13.2 Å². The van der Waals surface area contributed by atoms with E-state index in [2.05, 4.69) is 5.10 Å². The van der Waals surface area contributed by atoms with Gasteiger partial charge in [0.2, 0.25) is 5.78 Å². The fourth-order valence-electron chi connectivity index (χ4n) is 2.22. The molecule has 2 heterocycles. The lowest BCUT2D eigenvalue weighted by atomic mass is 10.2.